The van der Waals surface area contributed by atoms with Gasteiger partial charge < -0.3 is 4.55 Å². The van der Waals surface area contributed by atoms with E-state index in [1.54, 1.807) is 0 Å². The lowest BCUT2D eigenvalue weighted by molar-refractivity contribution is 0.564. The Hall–Kier alpha value is -0.780. The molecule has 0 saturated heterocycles. The fourth-order valence-electron chi connectivity index (χ4n) is 1.14. The van der Waals surface area contributed by atoms with E-state index in [1.165, 1.54) is 11.3 Å². The molecular weight excluding hydrogens is 206 g/mol. The number of aromatic nitrogens is 1. The van der Waals surface area contributed by atoms with Crippen molar-refractivity contribution in [3.05, 3.63) is 23.8 Å². The van der Waals surface area contributed by atoms with E-state index < -0.39 is 11.1 Å². The minimum atomic E-state index is -1.96. The summed E-state index contributed by atoms with van der Waals surface area (Å²) >= 11 is -0.692. The predicted octanol–water partition coefficient (Wildman–Crippen LogP) is 2.19. The van der Waals surface area contributed by atoms with Crippen LogP contribution in [0, 0.1) is 6.92 Å². The van der Waals surface area contributed by atoms with Crippen LogP contribution in [0.15, 0.2) is 22.5 Å². The molecule has 0 saturated carbocycles. The quantitative estimate of drug-likeness (QED) is 0.739. The Labute approximate surface area is 81.7 Å². The van der Waals surface area contributed by atoms with Gasteiger partial charge in [0.1, 0.15) is 0 Å². The summed E-state index contributed by atoms with van der Waals surface area (Å²) in [5.74, 6) is 0. The number of fused-ring (bicyclic) bond motifs is 1. The number of rotatable bonds is 1. The zero-order valence-electron chi connectivity index (χ0n) is 6.85. The van der Waals surface area contributed by atoms with Crippen molar-refractivity contribution < 1.29 is 8.76 Å². The molecule has 2 rings (SSSR count). The first-order chi connectivity index (χ1) is 6.18. The zero-order chi connectivity index (χ0) is 9.42. The second-order valence-corrected chi connectivity index (χ2v) is 4.79. The van der Waals surface area contributed by atoms with E-state index in [1.807, 2.05) is 25.1 Å². The zero-order valence-corrected chi connectivity index (χ0v) is 8.48. The SMILES string of the molecule is Cc1cccc2nc(S(=O)O)sc12. The molecular formula is C8H7NO2S2. The molecule has 0 radical (unpaired) electrons. The molecule has 0 aliphatic carbocycles. The number of nitrogens with zero attached hydrogens (tertiary/aromatic N) is 1. The number of hydrogen-bond donors (Lipinski definition) is 1. The molecule has 0 fully saturated rings. The van der Waals surface area contributed by atoms with Crippen molar-refractivity contribution in [1.82, 2.24) is 4.98 Å². The topological polar surface area (TPSA) is 50.2 Å². The van der Waals surface area contributed by atoms with Gasteiger partial charge >= 0.3 is 0 Å². The van der Waals surface area contributed by atoms with Gasteiger partial charge in [-0.1, -0.05) is 12.1 Å². The van der Waals surface area contributed by atoms with E-state index in [2.05, 4.69) is 4.98 Å². The van der Waals surface area contributed by atoms with Gasteiger partial charge in [0.05, 0.1) is 10.2 Å². The van der Waals surface area contributed by atoms with Crippen LogP contribution < -0.4 is 0 Å². The average molecular weight is 213 g/mol. The van der Waals surface area contributed by atoms with Gasteiger partial charge in [-0.2, -0.15) is 0 Å². The Bertz CT molecular complexity index is 478. The van der Waals surface area contributed by atoms with Gasteiger partial charge in [0, 0.05) is 0 Å². The molecule has 0 amide bonds. The third-order valence-corrected chi connectivity index (χ3v) is 3.81. The van der Waals surface area contributed by atoms with E-state index in [-0.39, 0.29) is 4.34 Å². The van der Waals surface area contributed by atoms with Crippen molar-refractivity contribution in [2.45, 2.75) is 11.3 Å². The summed E-state index contributed by atoms with van der Waals surface area (Å²) in [6.07, 6.45) is 0. The van der Waals surface area contributed by atoms with Crippen LogP contribution in [0.2, 0.25) is 0 Å². The fraction of sp³-hybridized carbons (Fsp3) is 0.125. The maximum atomic E-state index is 10.7. The summed E-state index contributed by atoms with van der Waals surface area (Å²) < 4.78 is 20.8. The van der Waals surface area contributed by atoms with Crippen LogP contribution in [-0.4, -0.2) is 13.7 Å². The van der Waals surface area contributed by atoms with Gasteiger partial charge in [0.25, 0.3) is 0 Å². The Balaban J connectivity index is 2.75. The normalized spacial score (nSPS) is 13.4. The Morgan fingerprint density at radius 2 is 2.31 bits per heavy atom. The van der Waals surface area contributed by atoms with E-state index in [0.29, 0.717) is 0 Å². The predicted molar refractivity (Wildman–Crippen MR) is 53.4 cm³/mol. The number of benzene rings is 1. The molecule has 1 aromatic carbocycles. The first-order valence-electron chi connectivity index (χ1n) is 3.65. The van der Waals surface area contributed by atoms with Gasteiger partial charge in [-0.05, 0) is 18.6 Å². The van der Waals surface area contributed by atoms with E-state index >= 15 is 0 Å². The first kappa shape index (κ1) is 8.80. The molecule has 0 spiro atoms. The molecule has 1 N–H and O–H groups in total. The van der Waals surface area contributed by atoms with E-state index in [0.717, 1.165) is 15.8 Å². The average Bonchev–Trinajstić information content (AvgIpc) is 2.49. The van der Waals surface area contributed by atoms with Gasteiger partial charge in [-0.3, -0.25) is 0 Å². The highest BCUT2D eigenvalue weighted by Gasteiger charge is 2.08. The van der Waals surface area contributed by atoms with Crippen molar-refractivity contribution in [3.63, 3.8) is 0 Å². The molecule has 2 aromatic rings. The summed E-state index contributed by atoms with van der Waals surface area (Å²) in [5.41, 5.74) is 1.88. The number of hydrogen-bond acceptors (Lipinski definition) is 3. The molecule has 5 heteroatoms. The molecule has 1 aromatic heterocycles. The van der Waals surface area contributed by atoms with Crippen LogP contribution in [0.25, 0.3) is 10.2 Å². The lowest BCUT2D eigenvalue weighted by Crippen LogP contribution is -1.84. The van der Waals surface area contributed by atoms with Crippen LogP contribution in [-0.2, 0) is 11.1 Å². The summed E-state index contributed by atoms with van der Waals surface area (Å²) in [6.45, 7) is 1.96. The second kappa shape index (κ2) is 3.17. The third kappa shape index (κ3) is 1.50. The highest BCUT2D eigenvalue weighted by molar-refractivity contribution is 7.81. The maximum absolute atomic E-state index is 10.7. The molecule has 1 unspecified atom stereocenters. The molecule has 1 atom stereocenters. The minimum absolute atomic E-state index is 0.268. The Morgan fingerprint density at radius 1 is 1.54 bits per heavy atom. The van der Waals surface area contributed by atoms with Crippen molar-refractivity contribution in [2.75, 3.05) is 0 Å². The molecule has 1 heterocycles. The number of aryl methyl sites for hydroxylation is 1. The molecule has 0 aliphatic rings. The maximum Gasteiger partial charge on any atom is 0.216 e. The standard InChI is InChI=1S/C8H7NO2S2/c1-5-3-2-4-6-7(5)12-8(9-6)13(10)11/h2-4H,1H3,(H,10,11). The molecule has 13 heavy (non-hydrogen) atoms. The van der Waals surface area contributed by atoms with Crippen LogP contribution in [0.4, 0.5) is 0 Å². The lowest BCUT2D eigenvalue weighted by atomic mass is 10.2. The molecule has 0 bridgehead atoms. The van der Waals surface area contributed by atoms with Crippen molar-refractivity contribution in [1.29, 1.82) is 0 Å². The highest BCUT2D eigenvalue weighted by atomic mass is 32.2. The van der Waals surface area contributed by atoms with Crippen LogP contribution in [0.5, 0.6) is 0 Å². The summed E-state index contributed by atoms with van der Waals surface area (Å²) in [5, 5.41) is 0. The summed E-state index contributed by atoms with van der Waals surface area (Å²) in [6, 6.07) is 5.70. The minimum Gasteiger partial charge on any atom is -0.300 e. The van der Waals surface area contributed by atoms with E-state index in [9.17, 15) is 4.21 Å². The Morgan fingerprint density at radius 3 is 2.92 bits per heavy atom. The second-order valence-electron chi connectivity index (χ2n) is 2.65. The fourth-order valence-corrected chi connectivity index (χ4v) is 2.62. The summed E-state index contributed by atoms with van der Waals surface area (Å²) in [7, 11) is 0. The molecule has 68 valence electrons. The Kier molecular flexibility index (Phi) is 2.15. The first-order valence-corrected chi connectivity index (χ1v) is 5.58. The van der Waals surface area contributed by atoms with Crippen molar-refractivity contribution in [3.8, 4) is 0 Å². The van der Waals surface area contributed by atoms with Crippen LogP contribution >= 0.6 is 11.3 Å². The summed E-state index contributed by atoms with van der Waals surface area (Å²) in [4.78, 5) is 4.04. The monoisotopic (exact) mass is 213 g/mol. The highest BCUT2D eigenvalue weighted by Crippen LogP contribution is 2.26. The smallest absolute Gasteiger partial charge is 0.216 e. The van der Waals surface area contributed by atoms with E-state index in [4.69, 9.17) is 4.55 Å². The van der Waals surface area contributed by atoms with Crippen molar-refractivity contribution >= 4 is 32.6 Å². The molecule has 0 aliphatic heterocycles. The van der Waals surface area contributed by atoms with Gasteiger partial charge in [0.15, 0.2) is 0 Å². The van der Waals surface area contributed by atoms with Gasteiger partial charge in [-0.15, -0.1) is 11.3 Å². The molecule has 3 nitrogen and oxygen atoms in total. The third-order valence-electron chi connectivity index (χ3n) is 1.74. The largest absolute Gasteiger partial charge is 0.300 e. The van der Waals surface area contributed by atoms with Gasteiger partial charge in [0.2, 0.25) is 15.4 Å². The van der Waals surface area contributed by atoms with Crippen LogP contribution in [0.1, 0.15) is 5.56 Å². The van der Waals surface area contributed by atoms with Crippen LogP contribution in [0.3, 0.4) is 0 Å². The number of thiazole rings is 1. The lowest BCUT2D eigenvalue weighted by Gasteiger charge is -1.89. The van der Waals surface area contributed by atoms with Gasteiger partial charge in [-0.25, -0.2) is 9.19 Å². The van der Waals surface area contributed by atoms with Crippen molar-refractivity contribution in [2.24, 2.45) is 0 Å².